The highest BCUT2D eigenvalue weighted by Gasteiger charge is 2.17. The van der Waals surface area contributed by atoms with Crippen molar-refractivity contribution < 1.29 is 22.3 Å². The van der Waals surface area contributed by atoms with E-state index in [1.807, 2.05) is 0 Å². The number of rotatable bonds is 6. The third-order valence-electron chi connectivity index (χ3n) is 2.88. The van der Waals surface area contributed by atoms with Gasteiger partial charge in [-0.2, -0.15) is 8.42 Å². The first-order valence-electron chi connectivity index (χ1n) is 6.19. The molecule has 0 amide bonds. The Labute approximate surface area is 127 Å². The fourth-order valence-corrected chi connectivity index (χ4v) is 2.57. The van der Waals surface area contributed by atoms with Crippen LogP contribution in [0, 0.1) is 10.1 Å². The number of benzene rings is 2. The van der Waals surface area contributed by atoms with Crippen LogP contribution in [0.25, 0.3) is 0 Å². The van der Waals surface area contributed by atoms with Gasteiger partial charge in [0.2, 0.25) is 0 Å². The number of methoxy groups -OCH3 is 1. The molecule has 7 nitrogen and oxygen atoms in total. The molecular weight excluding hydrogens is 310 g/mol. The molecule has 0 aliphatic carbocycles. The largest absolute Gasteiger partial charge is 0.497 e. The number of hydrogen-bond donors (Lipinski definition) is 0. The van der Waals surface area contributed by atoms with Gasteiger partial charge in [0.1, 0.15) is 5.75 Å². The fourth-order valence-electron chi connectivity index (χ4n) is 1.67. The molecule has 0 fully saturated rings. The lowest BCUT2D eigenvalue weighted by atomic mass is 10.2. The third kappa shape index (κ3) is 3.80. The average Bonchev–Trinajstić information content (AvgIpc) is 2.53. The summed E-state index contributed by atoms with van der Waals surface area (Å²) in [6, 6.07) is 11.3. The van der Waals surface area contributed by atoms with Gasteiger partial charge in [0.05, 0.1) is 23.5 Å². The highest BCUT2D eigenvalue weighted by molar-refractivity contribution is 7.86. The monoisotopic (exact) mass is 323 g/mol. The maximum atomic E-state index is 12.0. The van der Waals surface area contributed by atoms with E-state index in [-0.39, 0.29) is 17.2 Å². The lowest BCUT2D eigenvalue weighted by Crippen LogP contribution is -2.06. The normalized spacial score (nSPS) is 11.1. The minimum absolute atomic E-state index is 0.133. The highest BCUT2D eigenvalue weighted by Crippen LogP contribution is 2.19. The molecule has 0 spiro atoms. The summed E-state index contributed by atoms with van der Waals surface area (Å²) >= 11 is 0. The molecule has 0 aliphatic heterocycles. The summed E-state index contributed by atoms with van der Waals surface area (Å²) in [5, 5.41) is 10.5. The van der Waals surface area contributed by atoms with Gasteiger partial charge >= 0.3 is 0 Å². The van der Waals surface area contributed by atoms with E-state index in [4.69, 9.17) is 8.92 Å². The molecular formula is C14H13NO6S. The summed E-state index contributed by atoms with van der Waals surface area (Å²) in [7, 11) is -2.44. The standard InChI is InChI=1S/C14H13NO6S/c1-20-13-6-2-11(3-7-13)10-21-22(18,19)14-8-4-12(5-9-14)15(16)17/h2-9H,10H2,1H3. The maximum absolute atomic E-state index is 12.0. The Bertz CT molecular complexity index is 753. The van der Waals surface area contributed by atoms with Crippen LogP contribution in [0.3, 0.4) is 0 Å². The highest BCUT2D eigenvalue weighted by atomic mass is 32.2. The van der Waals surface area contributed by atoms with Gasteiger partial charge in [-0.25, -0.2) is 0 Å². The summed E-state index contributed by atoms with van der Waals surface area (Å²) in [5.41, 5.74) is 0.473. The molecule has 0 saturated heterocycles. The molecule has 0 radical (unpaired) electrons. The predicted molar refractivity (Wildman–Crippen MR) is 78.1 cm³/mol. The Morgan fingerprint density at radius 2 is 1.64 bits per heavy atom. The molecule has 8 heteroatoms. The Kier molecular flexibility index (Phi) is 4.74. The Balaban J connectivity index is 2.08. The number of nitrogens with zero attached hydrogens (tertiary/aromatic N) is 1. The molecule has 0 heterocycles. The number of non-ortho nitro benzene ring substituents is 1. The van der Waals surface area contributed by atoms with E-state index in [1.54, 1.807) is 24.3 Å². The van der Waals surface area contributed by atoms with Gasteiger partial charge < -0.3 is 4.74 Å². The van der Waals surface area contributed by atoms with Crippen LogP contribution in [-0.4, -0.2) is 20.5 Å². The van der Waals surface area contributed by atoms with Crippen molar-refractivity contribution in [1.29, 1.82) is 0 Å². The second-order valence-corrected chi connectivity index (χ2v) is 5.93. The molecule has 0 unspecified atom stereocenters. The van der Waals surface area contributed by atoms with Gasteiger partial charge in [-0.15, -0.1) is 0 Å². The number of nitro benzene ring substituents is 1. The van der Waals surface area contributed by atoms with Crippen molar-refractivity contribution in [3.8, 4) is 5.75 Å². The predicted octanol–water partition coefficient (Wildman–Crippen LogP) is 2.51. The molecule has 2 aromatic carbocycles. The first-order chi connectivity index (χ1) is 10.4. The first kappa shape index (κ1) is 15.9. The van der Waals surface area contributed by atoms with E-state index >= 15 is 0 Å². The van der Waals surface area contributed by atoms with Crippen LogP contribution in [-0.2, 0) is 20.9 Å². The van der Waals surface area contributed by atoms with Crippen molar-refractivity contribution in [3.05, 3.63) is 64.2 Å². The van der Waals surface area contributed by atoms with Crippen LogP contribution in [0.1, 0.15) is 5.56 Å². The third-order valence-corrected chi connectivity index (χ3v) is 4.15. The molecule has 0 aliphatic rings. The van der Waals surface area contributed by atoms with Crippen LogP contribution in [0.2, 0.25) is 0 Å². The second-order valence-electron chi connectivity index (χ2n) is 4.32. The van der Waals surface area contributed by atoms with E-state index < -0.39 is 15.0 Å². The zero-order valence-corrected chi connectivity index (χ0v) is 12.4. The summed E-state index contributed by atoms with van der Waals surface area (Å²) in [6.07, 6.45) is 0. The first-order valence-corrected chi connectivity index (χ1v) is 7.60. The lowest BCUT2D eigenvalue weighted by molar-refractivity contribution is -0.384. The van der Waals surface area contributed by atoms with Gasteiger partial charge in [-0.05, 0) is 29.8 Å². The molecule has 0 saturated carbocycles. The summed E-state index contributed by atoms with van der Waals surface area (Å²) in [5.74, 6) is 0.655. The Morgan fingerprint density at radius 1 is 1.05 bits per heavy atom. The van der Waals surface area contributed by atoms with Crippen molar-refractivity contribution in [2.24, 2.45) is 0 Å². The smallest absolute Gasteiger partial charge is 0.297 e. The van der Waals surface area contributed by atoms with Gasteiger partial charge in [-0.1, -0.05) is 12.1 Å². The van der Waals surface area contributed by atoms with E-state index in [0.29, 0.717) is 11.3 Å². The Morgan fingerprint density at radius 3 is 2.14 bits per heavy atom. The van der Waals surface area contributed by atoms with Crippen molar-refractivity contribution in [3.63, 3.8) is 0 Å². The van der Waals surface area contributed by atoms with Crippen molar-refractivity contribution in [1.82, 2.24) is 0 Å². The van der Waals surface area contributed by atoms with Crippen LogP contribution < -0.4 is 4.74 Å². The second kappa shape index (κ2) is 6.54. The zero-order chi connectivity index (χ0) is 16.2. The van der Waals surface area contributed by atoms with E-state index in [2.05, 4.69) is 0 Å². The molecule has 22 heavy (non-hydrogen) atoms. The van der Waals surface area contributed by atoms with Gasteiger partial charge in [0, 0.05) is 12.1 Å². The quantitative estimate of drug-likeness (QED) is 0.460. The van der Waals surface area contributed by atoms with Crippen LogP contribution in [0.15, 0.2) is 53.4 Å². The zero-order valence-electron chi connectivity index (χ0n) is 11.6. The van der Waals surface area contributed by atoms with Crippen LogP contribution in [0.5, 0.6) is 5.75 Å². The molecule has 2 rings (SSSR count). The van der Waals surface area contributed by atoms with Crippen molar-refractivity contribution in [2.45, 2.75) is 11.5 Å². The minimum atomic E-state index is -3.97. The van der Waals surface area contributed by atoms with Gasteiger partial charge in [-0.3, -0.25) is 14.3 Å². The average molecular weight is 323 g/mol. The van der Waals surface area contributed by atoms with E-state index in [0.717, 1.165) is 24.3 Å². The molecule has 2 aromatic rings. The minimum Gasteiger partial charge on any atom is -0.497 e. The fraction of sp³-hybridized carbons (Fsp3) is 0.143. The molecule has 0 N–H and O–H groups in total. The molecule has 0 atom stereocenters. The molecule has 0 aromatic heterocycles. The lowest BCUT2D eigenvalue weighted by Gasteiger charge is -2.06. The van der Waals surface area contributed by atoms with E-state index in [1.165, 1.54) is 7.11 Å². The summed E-state index contributed by atoms with van der Waals surface area (Å²) in [4.78, 5) is 9.80. The topological polar surface area (TPSA) is 95.7 Å². The van der Waals surface area contributed by atoms with Crippen LogP contribution in [0.4, 0.5) is 5.69 Å². The number of nitro groups is 1. The number of ether oxygens (including phenoxy) is 1. The summed E-state index contributed by atoms with van der Waals surface area (Å²) in [6.45, 7) is -0.136. The maximum Gasteiger partial charge on any atom is 0.297 e. The van der Waals surface area contributed by atoms with Gasteiger partial charge in [0.15, 0.2) is 0 Å². The number of hydrogen-bond acceptors (Lipinski definition) is 6. The molecule has 116 valence electrons. The van der Waals surface area contributed by atoms with Gasteiger partial charge in [0.25, 0.3) is 15.8 Å². The summed E-state index contributed by atoms with van der Waals surface area (Å²) < 4.78 is 33.9. The Hall–Kier alpha value is -2.45. The van der Waals surface area contributed by atoms with E-state index in [9.17, 15) is 18.5 Å². The SMILES string of the molecule is COc1ccc(COS(=O)(=O)c2ccc([N+](=O)[O-])cc2)cc1. The van der Waals surface area contributed by atoms with Crippen molar-refractivity contribution >= 4 is 15.8 Å². The van der Waals surface area contributed by atoms with Crippen LogP contribution >= 0.6 is 0 Å². The molecule has 0 bridgehead atoms. The van der Waals surface area contributed by atoms with Crippen molar-refractivity contribution in [2.75, 3.05) is 7.11 Å².